The minimum atomic E-state index is -4.87. The lowest BCUT2D eigenvalue weighted by Crippen LogP contribution is -2.42. The first-order valence-electron chi connectivity index (χ1n) is 9.37. The number of rotatable bonds is 7. The zero-order valence-electron chi connectivity index (χ0n) is 17.0. The van der Waals surface area contributed by atoms with Crippen LogP contribution in [0.25, 0.3) is 0 Å². The van der Waals surface area contributed by atoms with E-state index in [1.807, 2.05) is 0 Å². The first-order chi connectivity index (χ1) is 14.9. The van der Waals surface area contributed by atoms with Gasteiger partial charge in [0.2, 0.25) is 12.4 Å². The van der Waals surface area contributed by atoms with Crippen LogP contribution >= 0.6 is 11.6 Å². The molecule has 1 fully saturated rings. The first-order valence-corrected chi connectivity index (χ1v) is 11.2. The third-order valence-corrected chi connectivity index (χ3v) is 6.89. The summed E-state index contributed by atoms with van der Waals surface area (Å²) in [7, 11) is -1.59. The van der Waals surface area contributed by atoms with Crippen molar-refractivity contribution in [3.05, 3.63) is 46.9 Å². The van der Waals surface area contributed by atoms with Gasteiger partial charge in [-0.25, -0.2) is 31.0 Å². The van der Waals surface area contributed by atoms with Crippen molar-refractivity contribution in [1.82, 2.24) is 9.88 Å². The van der Waals surface area contributed by atoms with Crippen LogP contribution in [0.15, 0.2) is 29.2 Å². The summed E-state index contributed by atoms with van der Waals surface area (Å²) in [5.74, 6) is -4.57. The van der Waals surface area contributed by atoms with Crippen molar-refractivity contribution in [3.8, 4) is 0 Å². The molecule has 0 saturated carbocycles. The summed E-state index contributed by atoms with van der Waals surface area (Å²) in [5.41, 5.74) is -1.67. The van der Waals surface area contributed by atoms with E-state index in [9.17, 15) is 30.4 Å². The molecule has 1 aromatic carbocycles. The molecule has 1 aromatic heterocycles. The molecule has 13 heteroatoms. The van der Waals surface area contributed by atoms with Crippen molar-refractivity contribution in [2.75, 3.05) is 43.4 Å². The van der Waals surface area contributed by atoms with E-state index in [1.165, 1.54) is 4.90 Å². The molecule has 0 amide bonds. The molecule has 2 aromatic rings. The molecule has 0 spiro atoms. The van der Waals surface area contributed by atoms with Gasteiger partial charge in [-0.05, 0) is 32.6 Å². The highest BCUT2D eigenvalue weighted by atomic mass is 35.5. The first kappa shape index (κ1) is 24.5. The second-order valence-electron chi connectivity index (χ2n) is 7.86. The Labute approximate surface area is 187 Å². The predicted molar refractivity (Wildman–Crippen MR) is 110 cm³/mol. The van der Waals surface area contributed by atoms with Gasteiger partial charge in [-0.2, -0.15) is 4.39 Å². The van der Waals surface area contributed by atoms with Gasteiger partial charge in [0.25, 0.3) is 10.0 Å². The quantitative estimate of drug-likeness (QED) is 0.355. The Morgan fingerprint density at radius 2 is 1.97 bits per heavy atom. The number of hydrogen-bond acceptors (Lipinski definition) is 5. The van der Waals surface area contributed by atoms with E-state index < -0.39 is 55.2 Å². The lowest BCUT2D eigenvalue weighted by atomic mass is 9.87. The number of anilines is 2. The third-order valence-electron chi connectivity index (χ3n) is 5.14. The monoisotopic (exact) mass is 498 g/mol. The Bertz CT molecular complexity index is 1120. The van der Waals surface area contributed by atoms with Gasteiger partial charge in [0, 0.05) is 25.7 Å². The number of aromatic nitrogens is 1. The molecular formula is C19H20ClF5N4O2S. The normalized spacial score (nSPS) is 19.2. The molecule has 3 rings (SSSR count). The van der Waals surface area contributed by atoms with Gasteiger partial charge in [-0.1, -0.05) is 17.7 Å². The molecule has 1 aliphatic heterocycles. The van der Waals surface area contributed by atoms with Crippen LogP contribution in [0, 0.1) is 23.0 Å². The fraction of sp³-hybridized carbons (Fsp3) is 0.421. The summed E-state index contributed by atoms with van der Waals surface area (Å²) < 4.78 is 97.4. The maximum atomic E-state index is 14.9. The van der Waals surface area contributed by atoms with Gasteiger partial charge < -0.3 is 9.80 Å². The molecule has 6 nitrogen and oxygen atoms in total. The number of halogens is 6. The Morgan fingerprint density at radius 1 is 1.28 bits per heavy atom. The highest BCUT2D eigenvalue weighted by Gasteiger charge is 2.47. The number of benzene rings is 1. The van der Waals surface area contributed by atoms with Crippen molar-refractivity contribution in [2.45, 2.75) is 17.7 Å². The molecule has 0 radical (unpaired) electrons. The standard InChI is InChI=1S/C19H20ClF5N4O2S/c1-28(2)9-19(18(24)25)6-7-29(10-19)12-8-11(21)17(16(23)15(12)20)32(30,31)27-14-5-3-4-13(22)26-14/h3-5,8,18H,6-7,9-10H2,1-2H3,(H,26,27)/t19-/m0/s1. The van der Waals surface area contributed by atoms with E-state index in [4.69, 9.17) is 11.6 Å². The predicted octanol–water partition coefficient (Wildman–Crippen LogP) is 3.98. The fourth-order valence-corrected chi connectivity index (χ4v) is 5.27. The summed E-state index contributed by atoms with van der Waals surface area (Å²) in [6, 6.07) is 3.89. The van der Waals surface area contributed by atoms with Gasteiger partial charge >= 0.3 is 0 Å². The summed E-state index contributed by atoms with van der Waals surface area (Å²) in [6.07, 6.45) is -2.64. The molecule has 1 aliphatic rings. The molecular weight excluding hydrogens is 479 g/mol. The molecule has 0 unspecified atom stereocenters. The highest BCUT2D eigenvalue weighted by molar-refractivity contribution is 7.92. The summed E-state index contributed by atoms with van der Waals surface area (Å²) in [6.45, 7) is -0.131. The van der Waals surface area contributed by atoms with Crippen LogP contribution in [0.5, 0.6) is 0 Å². The molecule has 1 atom stereocenters. The minimum absolute atomic E-state index is 0.0424. The van der Waals surface area contributed by atoms with Crippen LogP contribution in [0.1, 0.15) is 6.42 Å². The van der Waals surface area contributed by atoms with Gasteiger partial charge in [-0.15, -0.1) is 0 Å². The zero-order chi connectivity index (χ0) is 23.8. The van der Waals surface area contributed by atoms with Gasteiger partial charge in [0.15, 0.2) is 10.7 Å². The maximum absolute atomic E-state index is 14.9. The topological polar surface area (TPSA) is 65.5 Å². The van der Waals surface area contributed by atoms with Gasteiger partial charge in [0.05, 0.1) is 11.1 Å². The lowest BCUT2D eigenvalue weighted by Gasteiger charge is -2.32. The van der Waals surface area contributed by atoms with Crippen molar-refractivity contribution in [3.63, 3.8) is 0 Å². The van der Waals surface area contributed by atoms with Crippen LogP contribution < -0.4 is 9.62 Å². The van der Waals surface area contributed by atoms with E-state index in [0.717, 1.165) is 18.2 Å². The second-order valence-corrected chi connectivity index (χ2v) is 9.86. The second kappa shape index (κ2) is 8.99. The average Bonchev–Trinajstić information content (AvgIpc) is 3.08. The highest BCUT2D eigenvalue weighted by Crippen LogP contribution is 2.43. The Morgan fingerprint density at radius 3 is 2.56 bits per heavy atom. The summed E-state index contributed by atoms with van der Waals surface area (Å²) in [5, 5.41) is -0.728. The molecule has 32 heavy (non-hydrogen) atoms. The van der Waals surface area contributed by atoms with Crippen LogP contribution in [0.2, 0.25) is 5.02 Å². The zero-order valence-corrected chi connectivity index (χ0v) is 18.6. The van der Waals surface area contributed by atoms with E-state index in [-0.39, 0.29) is 31.7 Å². The van der Waals surface area contributed by atoms with Crippen LogP contribution in [-0.4, -0.2) is 58.5 Å². The number of nitrogens with zero attached hydrogens (tertiary/aromatic N) is 3. The molecule has 0 aliphatic carbocycles. The van der Waals surface area contributed by atoms with Crippen molar-refractivity contribution in [2.24, 2.45) is 5.41 Å². The van der Waals surface area contributed by atoms with Crippen LogP contribution in [0.3, 0.4) is 0 Å². The van der Waals surface area contributed by atoms with Crippen molar-refractivity contribution >= 4 is 33.1 Å². The Balaban J connectivity index is 1.96. The Hall–Kier alpha value is -2.18. The van der Waals surface area contributed by atoms with Crippen LogP contribution in [0.4, 0.5) is 33.5 Å². The smallest absolute Gasteiger partial charge is 0.268 e. The van der Waals surface area contributed by atoms with Gasteiger partial charge in [-0.3, -0.25) is 4.72 Å². The van der Waals surface area contributed by atoms with E-state index in [0.29, 0.717) is 6.07 Å². The maximum Gasteiger partial charge on any atom is 0.268 e. The van der Waals surface area contributed by atoms with Gasteiger partial charge in [0.1, 0.15) is 16.7 Å². The largest absolute Gasteiger partial charge is 0.369 e. The number of sulfonamides is 1. The number of nitrogens with one attached hydrogen (secondary N) is 1. The molecule has 176 valence electrons. The lowest BCUT2D eigenvalue weighted by molar-refractivity contribution is -0.00654. The SMILES string of the molecule is CN(C)C[C@@]1(C(F)F)CCN(c2cc(F)c(S(=O)(=O)Nc3cccc(F)n3)c(F)c2Cl)C1. The van der Waals surface area contributed by atoms with Crippen molar-refractivity contribution < 1.29 is 30.4 Å². The van der Waals surface area contributed by atoms with E-state index in [2.05, 4.69) is 4.98 Å². The Kier molecular flexibility index (Phi) is 6.87. The molecule has 1 saturated heterocycles. The minimum Gasteiger partial charge on any atom is -0.369 e. The summed E-state index contributed by atoms with van der Waals surface area (Å²) >= 11 is 6.01. The number of hydrogen-bond donors (Lipinski definition) is 1. The molecule has 0 bridgehead atoms. The third kappa shape index (κ3) is 4.76. The van der Waals surface area contributed by atoms with E-state index in [1.54, 1.807) is 23.7 Å². The van der Waals surface area contributed by atoms with Crippen molar-refractivity contribution in [1.29, 1.82) is 0 Å². The fourth-order valence-electron chi connectivity index (χ4n) is 3.80. The average molecular weight is 499 g/mol. The van der Waals surface area contributed by atoms with Crippen LogP contribution in [-0.2, 0) is 10.0 Å². The summed E-state index contributed by atoms with van der Waals surface area (Å²) in [4.78, 5) is 4.80. The van der Waals surface area contributed by atoms with E-state index >= 15 is 0 Å². The molecule has 1 N–H and O–H groups in total. The number of pyridine rings is 1. The molecule has 2 heterocycles. The number of alkyl halides is 2.